The molecule has 3 N–H and O–H groups in total. The minimum absolute atomic E-state index is 0.109. The third kappa shape index (κ3) is 5.11. The van der Waals surface area contributed by atoms with Crippen molar-refractivity contribution in [2.24, 2.45) is 17.1 Å². The van der Waals surface area contributed by atoms with Crippen LogP contribution in [0.2, 0.25) is 0 Å². The number of benzene rings is 1. The zero-order valence-electron chi connectivity index (χ0n) is 12.4. The quantitative estimate of drug-likeness (QED) is 0.644. The van der Waals surface area contributed by atoms with Gasteiger partial charge in [0.25, 0.3) is 5.69 Å². The van der Waals surface area contributed by atoms with Crippen LogP contribution >= 0.6 is 0 Å². The Kier molecular flexibility index (Phi) is 5.37. The van der Waals surface area contributed by atoms with Crippen molar-refractivity contribution in [3.05, 3.63) is 34.1 Å². The second kappa shape index (κ2) is 6.62. The highest BCUT2D eigenvalue weighted by Crippen LogP contribution is 2.26. The molecular weight excluding hydrogens is 277 g/mol. The maximum Gasteiger partial charge on any atom is 0.271 e. The Morgan fingerprint density at radius 1 is 1.48 bits per heavy atom. The Morgan fingerprint density at radius 3 is 2.57 bits per heavy atom. The topological polar surface area (TPSA) is 98.3 Å². The standard InChI is InChI=1S/C14H20FN3O3/c1-14(2,3)7-9(8-16)13(19)17-12-6-10(18(20)21)4-5-11(12)15/h4-6,9H,7-8,16H2,1-3H3,(H,17,19). The highest BCUT2D eigenvalue weighted by molar-refractivity contribution is 5.93. The van der Waals surface area contributed by atoms with Crippen LogP contribution in [0.5, 0.6) is 0 Å². The first-order valence-electron chi connectivity index (χ1n) is 6.59. The molecular formula is C14H20FN3O3. The number of hydrogen-bond donors (Lipinski definition) is 2. The van der Waals surface area contributed by atoms with E-state index in [0.29, 0.717) is 6.42 Å². The van der Waals surface area contributed by atoms with Gasteiger partial charge < -0.3 is 11.1 Å². The van der Waals surface area contributed by atoms with Gasteiger partial charge in [-0.1, -0.05) is 20.8 Å². The van der Waals surface area contributed by atoms with Gasteiger partial charge in [-0.05, 0) is 17.9 Å². The Balaban J connectivity index is 2.91. The minimum Gasteiger partial charge on any atom is -0.330 e. The van der Waals surface area contributed by atoms with Crippen LogP contribution in [-0.2, 0) is 4.79 Å². The van der Waals surface area contributed by atoms with Gasteiger partial charge in [0.1, 0.15) is 5.82 Å². The van der Waals surface area contributed by atoms with Gasteiger partial charge in [0.05, 0.1) is 16.5 Å². The van der Waals surface area contributed by atoms with Crippen molar-refractivity contribution in [1.82, 2.24) is 0 Å². The molecule has 0 saturated heterocycles. The van der Waals surface area contributed by atoms with Gasteiger partial charge in [0, 0.05) is 18.7 Å². The summed E-state index contributed by atoms with van der Waals surface area (Å²) >= 11 is 0. The normalized spacial score (nSPS) is 12.8. The molecule has 0 spiro atoms. The lowest BCUT2D eigenvalue weighted by Crippen LogP contribution is -2.32. The van der Waals surface area contributed by atoms with Gasteiger partial charge in [0.15, 0.2) is 0 Å². The molecule has 1 rings (SSSR count). The number of hydrogen-bond acceptors (Lipinski definition) is 4. The van der Waals surface area contributed by atoms with Crippen molar-refractivity contribution in [2.75, 3.05) is 11.9 Å². The first kappa shape index (κ1) is 17.0. The molecule has 0 bridgehead atoms. The summed E-state index contributed by atoms with van der Waals surface area (Å²) in [6, 6.07) is 2.99. The minimum atomic E-state index is -0.722. The SMILES string of the molecule is CC(C)(C)CC(CN)C(=O)Nc1cc([N+](=O)[O-])ccc1F. The number of carbonyl (C=O) groups excluding carboxylic acids is 1. The van der Waals surface area contributed by atoms with Gasteiger partial charge in [-0.3, -0.25) is 14.9 Å². The number of rotatable bonds is 5. The van der Waals surface area contributed by atoms with Crippen molar-refractivity contribution in [3.8, 4) is 0 Å². The van der Waals surface area contributed by atoms with E-state index in [1.165, 1.54) is 0 Å². The van der Waals surface area contributed by atoms with Crippen LogP contribution in [-0.4, -0.2) is 17.4 Å². The number of nitrogens with two attached hydrogens (primary N) is 1. The monoisotopic (exact) mass is 297 g/mol. The number of carbonyl (C=O) groups is 1. The number of amides is 1. The number of non-ortho nitro benzene ring substituents is 1. The summed E-state index contributed by atoms with van der Waals surface area (Å²) in [7, 11) is 0. The predicted octanol–water partition coefficient (Wildman–Crippen LogP) is 2.68. The molecule has 0 radical (unpaired) electrons. The van der Waals surface area contributed by atoms with Crippen molar-refractivity contribution in [2.45, 2.75) is 27.2 Å². The Bertz CT molecular complexity index is 541. The highest BCUT2D eigenvalue weighted by atomic mass is 19.1. The maximum absolute atomic E-state index is 13.6. The van der Waals surface area contributed by atoms with Crippen molar-refractivity contribution >= 4 is 17.3 Å². The predicted molar refractivity (Wildman–Crippen MR) is 78.3 cm³/mol. The van der Waals surface area contributed by atoms with Crippen molar-refractivity contribution < 1.29 is 14.1 Å². The molecule has 0 fully saturated rings. The first-order chi connectivity index (χ1) is 9.64. The second-order valence-corrected chi connectivity index (χ2v) is 6.11. The Labute approximate surface area is 122 Å². The van der Waals surface area contributed by atoms with E-state index in [0.717, 1.165) is 18.2 Å². The molecule has 1 aromatic carbocycles. The number of nitro groups is 1. The third-order valence-corrected chi connectivity index (χ3v) is 2.93. The zero-order valence-corrected chi connectivity index (χ0v) is 12.4. The number of nitrogens with one attached hydrogen (secondary N) is 1. The lowest BCUT2D eigenvalue weighted by Gasteiger charge is -2.24. The largest absolute Gasteiger partial charge is 0.330 e. The van der Waals surface area contributed by atoms with Crippen LogP contribution in [0.25, 0.3) is 0 Å². The van der Waals surface area contributed by atoms with Crippen molar-refractivity contribution in [1.29, 1.82) is 0 Å². The van der Waals surface area contributed by atoms with Crippen LogP contribution in [0.3, 0.4) is 0 Å². The van der Waals surface area contributed by atoms with E-state index in [9.17, 15) is 19.3 Å². The average molecular weight is 297 g/mol. The van der Waals surface area contributed by atoms with E-state index in [1.54, 1.807) is 0 Å². The van der Waals surface area contributed by atoms with Crippen LogP contribution in [0.1, 0.15) is 27.2 Å². The van der Waals surface area contributed by atoms with Crippen LogP contribution in [0, 0.1) is 27.3 Å². The summed E-state index contributed by atoms with van der Waals surface area (Å²) in [6.07, 6.45) is 0.534. The fraction of sp³-hybridized carbons (Fsp3) is 0.500. The van der Waals surface area contributed by atoms with Crippen LogP contribution in [0.4, 0.5) is 15.8 Å². The highest BCUT2D eigenvalue weighted by Gasteiger charge is 2.25. The summed E-state index contributed by atoms with van der Waals surface area (Å²) in [4.78, 5) is 22.2. The fourth-order valence-corrected chi connectivity index (χ4v) is 1.98. The van der Waals surface area contributed by atoms with E-state index < -0.39 is 22.6 Å². The smallest absolute Gasteiger partial charge is 0.271 e. The second-order valence-electron chi connectivity index (χ2n) is 6.11. The first-order valence-corrected chi connectivity index (χ1v) is 6.59. The van der Waals surface area contributed by atoms with E-state index >= 15 is 0 Å². The summed E-state index contributed by atoms with van der Waals surface area (Å²) in [5.41, 5.74) is 4.99. The number of nitro benzene ring substituents is 1. The third-order valence-electron chi connectivity index (χ3n) is 2.93. The molecule has 0 heterocycles. The van der Waals surface area contributed by atoms with E-state index in [-0.39, 0.29) is 23.3 Å². The van der Waals surface area contributed by atoms with Crippen molar-refractivity contribution in [3.63, 3.8) is 0 Å². The van der Waals surface area contributed by atoms with Crippen LogP contribution < -0.4 is 11.1 Å². The molecule has 0 aromatic heterocycles. The summed E-state index contributed by atoms with van der Waals surface area (Å²) in [5, 5.41) is 13.1. The molecule has 1 amide bonds. The van der Waals surface area contributed by atoms with Gasteiger partial charge in [0.2, 0.25) is 5.91 Å². The number of halogens is 1. The van der Waals surface area contributed by atoms with E-state index in [4.69, 9.17) is 5.73 Å². The zero-order chi connectivity index (χ0) is 16.2. The van der Waals surface area contributed by atoms with Gasteiger partial charge >= 0.3 is 0 Å². The Hall–Kier alpha value is -2.02. The number of nitrogens with zero attached hydrogens (tertiary/aromatic N) is 1. The van der Waals surface area contributed by atoms with Gasteiger partial charge in [-0.2, -0.15) is 0 Å². The van der Waals surface area contributed by atoms with Crippen LogP contribution in [0.15, 0.2) is 18.2 Å². The molecule has 21 heavy (non-hydrogen) atoms. The van der Waals surface area contributed by atoms with E-state index in [2.05, 4.69) is 5.32 Å². The van der Waals surface area contributed by atoms with Gasteiger partial charge in [-0.15, -0.1) is 0 Å². The average Bonchev–Trinajstić information content (AvgIpc) is 2.37. The maximum atomic E-state index is 13.6. The lowest BCUT2D eigenvalue weighted by molar-refractivity contribution is -0.384. The molecule has 116 valence electrons. The molecule has 1 atom stereocenters. The summed E-state index contributed by atoms with van der Waals surface area (Å²) in [6.45, 7) is 6.03. The lowest BCUT2D eigenvalue weighted by atomic mass is 9.84. The Morgan fingerprint density at radius 2 is 2.10 bits per heavy atom. The molecule has 6 nitrogen and oxygen atoms in total. The molecule has 0 aliphatic heterocycles. The molecule has 7 heteroatoms. The molecule has 0 saturated carbocycles. The fourth-order valence-electron chi connectivity index (χ4n) is 1.98. The summed E-state index contributed by atoms with van der Waals surface area (Å²) in [5.74, 6) is -1.64. The summed E-state index contributed by atoms with van der Waals surface area (Å²) < 4.78 is 13.6. The molecule has 1 unspecified atom stereocenters. The van der Waals surface area contributed by atoms with Gasteiger partial charge in [-0.25, -0.2) is 4.39 Å². The van der Waals surface area contributed by atoms with E-state index in [1.807, 2.05) is 20.8 Å². The molecule has 1 aromatic rings. The molecule has 0 aliphatic rings. The molecule has 0 aliphatic carbocycles. The number of anilines is 1.